The minimum absolute atomic E-state index is 0.0779. The van der Waals surface area contributed by atoms with Crippen LogP contribution in [0.5, 0.6) is 0 Å². The van der Waals surface area contributed by atoms with Gasteiger partial charge in [0.15, 0.2) is 0 Å². The Balaban J connectivity index is 4.45. The summed E-state index contributed by atoms with van der Waals surface area (Å²) in [5.74, 6) is -0.977. The van der Waals surface area contributed by atoms with Crippen LogP contribution in [0.4, 0.5) is 0 Å². The molecule has 0 saturated heterocycles. The number of hydrogen-bond acceptors (Lipinski definition) is 3. The van der Waals surface area contributed by atoms with Crippen molar-refractivity contribution in [2.24, 2.45) is 5.92 Å². The van der Waals surface area contributed by atoms with Gasteiger partial charge in [-0.25, -0.2) is 0 Å². The summed E-state index contributed by atoms with van der Waals surface area (Å²) < 4.78 is 4.87. The molecule has 0 aromatic carbocycles. The highest BCUT2D eigenvalue weighted by atomic mass is 28.3. The molecule has 0 rings (SSSR count). The Kier molecular flexibility index (Phi) is 5.05. The molecule has 1 atom stereocenters. The molecule has 0 spiro atoms. The van der Waals surface area contributed by atoms with Crippen LogP contribution >= 0.6 is 0 Å². The Morgan fingerprint density at radius 3 is 2.07 bits per heavy atom. The van der Waals surface area contributed by atoms with Crippen LogP contribution in [0, 0.1) is 5.92 Å². The largest absolute Gasteiger partial charge is 0.465 e. The predicted molar refractivity (Wildman–Crippen MR) is 59.0 cm³/mol. The van der Waals surface area contributed by atoms with E-state index in [1.165, 1.54) is 6.92 Å². The summed E-state index contributed by atoms with van der Waals surface area (Å²) in [4.78, 5) is 22.7. The average Bonchev–Trinajstić information content (AvgIpc) is 1.98. The molecule has 0 aromatic rings. The van der Waals surface area contributed by atoms with E-state index >= 15 is 0 Å². The van der Waals surface area contributed by atoms with E-state index in [2.05, 4.69) is 19.6 Å². The van der Waals surface area contributed by atoms with Gasteiger partial charge >= 0.3 is 5.97 Å². The van der Waals surface area contributed by atoms with Gasteiger partial charge in [0.05, 0.1) is 6.61 Å². The first-order valence-electron chi connectivity index (χ1n) is 4.95. The molecule has 0 aliphatic rings. The highest BCUT2D eigenvalue weighted by Gasteiger charge is 2.30. The Labute approximate surface area is 86.8 Å². The van der Waals surface area contributed by atoms with Crippen molar-refractivity contribution in [3.63, 3.8) is 0 Å². The Hall–Kier alpha value is -0.643. The van der Waals surface area contributed by atoms with Crippen molar-refractivity contribution in [1.82, 2.24) is 0 Å². The number of rotatable bonds is 5. The van der Waals surface area contributed by atoms with Crippen LogP contribution in [-0.2, 0) is 14.3 Å². The van der Waals surface area contributed by atoms with Crippen LogP contribution in [-0.4, -0.2) is 26.4 Å². The summed E-state index contributed by atoms with van der Waals surface area (Å²) in [5.41, 5.74) is 0. The second-order valence-electron chi connectivity index (χ2n) is 4.68. The number of Topliss-reactive ketones (excluding diaryl/α,β-unsaturated/α-hetero) is 1. The number of ketones is 1. The molecule has 0 saturated carbocycles. The number of ether oxygens (including phenoxy) is 1. The minimum atomic E-state index is -1.40. The van der Waals surface area contributed by atoms with Crippen molar-refractivity contribution in [3.8, 4) is 0 Å². The maximum atomic E-state index is 11.4. The molecule has 0 unspecified atom stereocenters. The van der Waals surface area contributed by atoms with Gasteiger partial charge in [0, 0.05) is 8.07 Å². The van der Waals surface area contributed by atoms with Crippen LogP contribution in [0.3, 0.4) is 0 Å². The van der Waals surface area contributed by atoms with E-state index in [1.54, 1.807) is 6.92 Å². The number of hydrogen-bond donors (Lipinski definition) is 0. The SMILES string of the molecule is CCOC(=O)[C@H](C[Si](C)(C)C)C(C)=O. The molecule has 0 fully saturated rings. The molecular weight excluding hydrogens is 196 g/mol. The molecule has 14 heavy (non-hydrogen) atoms. The quantitative estimate of drug-likeness (QED) is 0.401. The maximum Gasteiger partial charge on any atom is 0.316 e. The van der Waals surface area contributed by atoms with E-state index in [9.17, 15) is 9.59 Å². The zero-order chi connectivity index (χ0) is 11.4. The summed E-state index contributed by atoms with van der Waals surface area (Å²) in [6.45, 7) is 9.98. The van der Waals surface area contributed by atoms with Crippen molar-refractivity contribution in [2.45, 2.75) is 39.5 Å². The van der Waals surface area contributed by atoms with Gasteiger partial charge in [-0.2, -0.15) is 0 Å². The van der Waals surface area contributed by atoms with Crippen molar-refractivity contribution >= 4 is 19.8 Å². The second kappa shape index (κ2) is 5.29. The van der Waals surface area contributed by atoms with Crippen LogP contribution in [0.15, 0.2) is 0 Å². The van der Waals surface area contributed by atoms with Crippen LogP contribution < -0.4 is 0 Å². The molecule has 0 aliphatic heterocycles. The summed E-state index contributed by atoms with van der Waals surface area (Å²) in [6, 6.07) is 0.682. The summed E-state index contributed by atoms with van der Waals surface area (Å²) in [6.07, 6.45) is 0. The second-order valence-corrected chi connectivity index (χ2v) is 10.2. The number of carbonyl (C=O) groups excluding carboxylic acids is 2. The van der Waals surface area contributed by atoms with Gasteiger partial charge in [-0.1, -0.05) is 19.6 Å². The van der Waals surface area contributed by atoms with Gasteiger partial charge in [0.25, 0.3) is 0 Å². The zero-order valence-electron chi connectivity index (χ0n) is 9.72. The van der Waals surface area contributed by atoms with Gasteiger partial charge in [-0.05, 0) is 19.9 Å². The van der Waals surface area contributed by atoms with Crippen molar-refractivity contribution in [2.75, 3.05) is 6.61 Å². The van der Waals surface area contributed by atoms with E-state index < -0.39 is 14.0 Å². The minimum Gasteiger partial charge on any atom is -0.465 e. The highest BCUT2D eigenvalue weighted by molar-refractivity contribution is 6.76. The fraction of sp³-hybridized carbons (Fsp3) is 0.800. The summed E-state index contributed by atoms with van der Waals surface area (Å²) in [5, 5.41) is 0. The first-order valence-corrected chi connectivity index (χ1v) is 8.65. The third-order valence-corrected chi connectivity index (χ3v) is 3.51. The molecule has 0 radical (unpaired) electrons. The smallest absolute Gasteiger partial charge is 0.316 e. The van der Waals surface area contributed by atoms with Crippen molar-refractivity contribution in [1.29, 1.82) is 0 Å². The molecule has 82 valence electrons. The third-order valence-electron chi connectivity index (χ3n) is 1.88. The van der Waals surface area contributed by atoms with E-state index in [4.69, 9.17) is 4.74 Å². The topological polar surface area (TPSA) is 43.4 Å². The Bertz CT molecular complexity index is 218. The lowest BCUT2D eigenvalue weighted by molar-refractivity contribution is -0.150. The molecule has 3 nitrogen and oxygen atoms in total. The summed E-state index contributed by atoms with van der Waals surface area (Å²) in [7, 11) is -1.40. The van der Waals surface area contributed by atoms with Crippen molar-refractivity contribution in [3.05, 3.63) is 0 Å². The monoisotopic (exact) mass is 216 g/mol. The molecule has 0 heterocycles. The number of esters is 1. The lowest BCUT2D eigenvalue weighted by Gasteiger charge is -2.21. The standard InChI is InChI=1S/C10H20O3Si/c1-6-13-10(12)9(8(2)11)7-14(3,4)5/h9H,6-7H2,1-5H3/t9-/m1/s1. The molecule has 0 bridgehead atoms. The van der Waals surface area contributed by atoms with Crippen molar-refractivity contribution < 1.29 is 14.3 Å². The van der Waals surface area contributed by atoms with Gasteiger partial charge in [-0.15, -0.1) is 0 Å². The third kappa shape index (κ3) is 5.17. The van der Waals surface area contributed by atoms with E-state index in [-0.39, 0.29) is 11.8 Å². The van der Waals surface area contributed by atoms with Crippen LogP contribution in [0.25, 0.3) is 0 Å². The van der Waals surface area contributed by atoms with Gasteiger partial charge < -0.3 is 4.74 Å². The molecule has 0 aromatic heterocycles. The lowest BCUT2D eigenvalue weighted by Crippen LogP contribution is -2.33. The van der Waals surface area contributed by atoms with E-state index in [0.29, 0.717) is 12.7 Å². The lowest BCUT2D eigenvalue weighted by atomic mass is 10.1. The highest BCUT2D eigenvalue weighted by Crippen LogP contribution is 2.19. The van der Waals surface area contributed by atoms with Gasteiger partial charge in [0.1, 0.15) is 11.7 Å². The maximum absolute atomic E-state index is 11.4. The predicted octanol–water partition coefficient (Wildman–Crippen LogP) is 2.09. The van der Waals surface area contributed by atoms with E-state index in [0.717, 1.165) is 0 Å². The van der Waals surface area contributed by atoms with Gasteiger partial charge in [-0.3, -0.25) is 9.59 Å². The zero-order valence-corrected chi connectivity index (χ0v) is 10.7. The van der Waals surface area contributed by atoms with Gasteiger partial charge in [0.2, 0.25) is 0 Å². The van der Waals surface area contributed by atoms with E-state index in [1.807, 2.05) is 0 Å². The normalized spacial score (nSPS) is 13.5. The summed E-state index contributed by atoms with van der Waals surface area (Å²) >= 11 is 0. The average molecular weight is 216 g/mol. The van der Waals surface area contributed by atoms with Crippen LogP contribution in [0.2, 0.25) is 25.7 Å². The molecule has 0 amide bonds. The molecular formula is C10H20O3Si. The Morgan fingerprint density at radius 1 is 1.29 bits per heavy atom. The molecule has 0 N–H and O–H groups in total. The van der Waals surface area contributed by atoms with Crippen LogP contribution in [0.1, 0.15) is 13.8 Å². The fourth-order valence-electron chi connectivity index (χ4n) is 1.25. The molecule has 0 aliphatic carbocycles. The Morgan fingerprint density at radius 2 is 1.79 bits per heavy atom. The number of carbonyl (C=O) groups is 2. The first kappa shape index (κ1) is 13.4. The molecule has 4 heteroatoms. The first-order chi connectivity index (χ1) is 6.28. The fourth-order valence-corrected chi connectivity index (χ4v) is 2.93.